The molecule has 6 heteroatoms. The van der Waals surface area contributed by atoms with Crippen LogP contribution >= 0.6 is 27.3 Å². The molecule has 2 N–H and O–H groups in total. The minimum Gasteiger partial charge on any atom is -0.316 e. The molecule has 0 radical (unpaired) electrons. The quantitative estimate of drug-likeness (QED) is 0.558. The van der Waals surface area contributed by atoms with E-state index in [-0.39, 0.29) is 4.83 Å². The van der Waals surface area contributed by atoms with Crippen LogP contribution < -0.4 is 11.1 Å². The number of hydrogen-bond donors (Lipinski definition) is 2. The molecular weight excluding hydrogens is 328 g/mol. The van der Waals surface area contributed by atoms with Crippen LogP contribution in [0.5, 0.6) is 0 Å². The molecule has 0 saturated carbocycles. The van der Waals surface area contributed by atoms with Crippen molar-refractivity contribution < 1.29 is 0 Å². The molecule has 0 aliphatic carbocycles. The normalized spacial score (nSPS) is 12.7. The summed E-state index contributed by atoms with van der Waals surface area (Å²) in [6, 6.07) is 9.63. The van der Waals surface area contributed by atoms with E-state index < -0.39 is 11.1 Å². The second-order valence-corrected chi connectivity index (χ2v) is 5.99. The number of halogens is 1. The molecule has 96 valence electrons. The molecule has 0 aliphatic heterocycles. The summed E-state index contributed by atoms with van der Waals surface area (Å²) in [7, 11) is 0. The van der Waals surface area contributed by atoms with Gasteiger partial charge in [-0.3, -0.25) is 9.59 Å². The average Bonchev–Trinajstić information content (AvgIpc) is 2.93. The third-order valence-corrected chi connectivity index (χ3v) is 5.09. The lowest BCUT2D eigenvalue weighted by molar-refractivity contribution is 1.13. The molecule has 1 aromatic carbocycles. The van der Waals surface area contributed by atoms with Gasteiger partial charge < -0.3 is 9.97 Å². The topological polar surface area (TPSA) is 65.7 Å². The van der Waals surface area contributed by atoms with Crippen molar-refractivity contribution in [1.82, 2.24) is 9.97 Å². The van der Waals surface area contributed by atoms with Gasteiger partial charge in [-0.25, -0.2) is 0 Å². The highest BCUT2D eigenvalue weighted by molar-refractivity contribution is 9.09. The molecule has 2 heterocycles. The Bertz CT molecular complexity index is 836. The number of thiophene rings is 1. The van der Waals surface area contributed by atoms with E-state index in [1.54, 1.807) is 17.4 Å². The maximum atomic E-state index is 11.3. The second kappa shape index (κ2) is 4.79. The van der Waals surface area contributed by atoms with Gasteiger partial charge in [0.15, 0.2) is 0 Å². The Morgan fingerprint density at radius 2 is 1.79 bits per heavy atom. The average molecular weight is 337 g/mol. The van der Waals surface area contributed by atoms with Crippen molar-refractivity contribution in [1.29, 1.82) is 0 Å². The lowest BCUT2D eigenvalue weighted by atomic mass is 10.1. The van der Waals surface area contributed by atoms with E-state index in [0.29, 0.717) is 11.0 Å². The molecule has 4 nitrogen and oxygen atoms in total. The van der Waals surface area contributed by atoms with Crippen LogP contribution in [0.4, 0.5) is 0 Å². The van der Waals surface area contributed by atoms with Gasteiger partial charge in [-0.05, 0) is 29.1 Å². The molecule has 0 amide bonds. The van der Waals surface area contributed by atoms with E-state index in [2.05, 4.69) is 25.9 Å². The van der Waals surface area contributed by atoms with Gasteiger partial charge in [0.1, 0.15) is 0 Å². The number of hydrogen-bond acceptors (Lipinski definition) is 3. The van der Waals surface area contributed by atoms with Crippen molar-refractivity contribution in [2.75, 3.05) is 0 Å². The molecule has 1 atom stereocenters. The summed E-state index contributed by atoms with van der Waals surface area (Å²) in [5.41, 5.74) is 1.01. The first kappa shape index (κ1) is 12.4. The minimum atomic E-state index is -0.633. The van der Waals surface area contributed by atoms with Crippen molar-refractivity contribution in [2.45, 2.75) is 4.83 Å². The summed E-state index contributed by atoms with van der Waals surface area (Å²) >= 11 is 5.30. The third-order valence-electron chi connectivity index (χ3n) is 2.83. The first-order valence-corrected chi connectivity index (χ1v) is 7.38. The van der Waals surface area contributed by atoms with Crippen LogP contribution in [0, 0.1) is 0 Å². The second-order valence-electron chi connectivity index (χ2n) is 4.09. The monoisotopic (exact) mass is 336 g/mol. The van der Waals surface area contributed by atoms with Crippen LogP contribution in [0.15, 0.2) is 45.3 Å². The van der Waals surface area contributed by atoms with Crippen LogP contribution in [-0.2, 0) is 0 Å². The van der Waals surface area contributed by atoms with E-state index >= 15 is 0 Å². The Morgan fingerprint density at radius 3 is 2.47 bits per heavy atom. The van der Waals surface area contributed by atoms with Crippen molar-refractivity contribution >= 4 is 38.3 Å². The number of H-pyrrole nitrogens is 2. The number of aromatic nitrogens is 2. The largest absolute Gasteiger partial charge is 0.316 e. The molecule has 0 saturated heterocycles. The van der Waals surface area contributed by atoms with E-state index in [1.807, 2.05) is 29.6 Å². The first-order chi connectivity index (χ1) is 9.15. The number of benzene rings is 1. The Labute approximate surface area is 120 Å². The summed E-state index contributed by atoms with van der Waals surface area (Å²) in [6.45, 7) is 0. The lowest BCUT2D eigenvalue weighted by Gasteiger charge is -2.09. The number of nitrogens with one attached hydrogen (secondary N) is 2. The summed E-state index contributed by atoms with van der Waals surface area (Å²) in [5, 5.41) is 2.02. The standard InChI is InChI=1S/C13H9BrN2O2S/c14-11(10-2-1-5-19-10)7-3-4-8-9(6-7)16-13(18)12(17)15-8/h1-6,11H,(H,15,17)(H,16,18). The van der Waals surface area contributed by atoms with Gasteiger partial charge in [0.05, 0.1) is 15.9 Å². The highest BCUT2D eigenvalue weighted by atomic mass is 79.9. The summed E-state index contributed by atoms with van der Waals surface area (Å²) in [6.07, 6.45) is 0. The zero-order valence-corrected chi connectivity index (χ0v) is 12.0. The number of rotatable bonds is 2. The summed E-state index contributed by atoms with van der Waals surface area (Å²) in [5.74, 6) is 0. The third kappa shape index (κ3) is 2.29. The SMILES string of the molecule is O=c1[nH]c2ccc(C(Br)c3cccs3)cc2[nH]c1=O. The number of alkyl halides is 1. The molecule has 19 heavy (non-hydrogen) atoms. The minimum absolute atomic E-state index is 0.0762. The van der Waals surface area contributed by atoms with Crippen LogP contribution in [0.25, 0.3) is 11.0 Å². The fraction of sp³-hybridized carbons (Fsp3) is 0.0769. The van der Waals surface area contributed by atoms with Gasteiger partial charge in [0.2, 0.25) is 0 Å². The fourth-order valence-electron chi connectivity index (χ4n) is 1.89. The molecule has 0 spiro atoms. The molecule has 0 fully saturated rings. The van der Waals surface area contributed by atoms with Crippen LogP contribution in [0.2, 0.25) is 0 Å². The van der Waals surface area contributed by atoms with E-state index in [0.717, 1.165) is 5.56 Å². The lowest BCUT2D eigenvalue weighted by Crippen LogP contribution is -2.28. The predicted molar refractivity (Wildman–Crippen MR) is 80.3 cm³/mol. The Kier molecular flexibility index (Phi) is 3.12. The smallest absolute Gasteiger partial charge is 0.314 e. The summed E-state index contributed by atoms with van der Waals surface area (Å²) < 4.78 is 0. The zero-order valence-electron chi connectivity index (χ0n) is 9.64. The maximum Gasteiger partial charge on any atom is 0.314 e. The molecule has 0 aliphatic rings. The van der Waals surface area contributed by atoms with Gasteiger partial charge >= 0.3 is 11.1 Å². The van der Waals surface area contributed by atoms with Crippen LogP contribution in [0.3, 0.4) is 0 Å². The van der Waals surface area contributed by atoms with E-state index in [4.69, 9.17) is 0 Å². The highest BCUT2D eigenvalue weighted by Crippen LogP contribution is 2.34. The summed E-state index contributed by atoms with van der Waals surface area (Å²) in [4.78, 5) is 29.0. The Morgan fingerprint density at radius 1 is 1.05 bits per heavy atom. The van der Waals surface area contributed by atoms with Gasteiger partial charge in [-0.2, -0.15) is 0 Å². The Balaban J connectivity index is 2.14. The maximum absolute atomic E-state index is 11.3. The molecule has 1 unspecified atom stereocenters. The van der Waals surface area contributed by atoms with Crippen molar-refractivity contribution in [3.63, 3.8) is 0 Å². The number of fused-ring (bicyclic) bond motifs is 1. The van der Waals surface area contributed by atoms with Crippen molar-refractivity contribution in [2.24, 2.45) is 0 Å². The van der Waals surface area contributed by atoms with Gasteiger partial charge in [-0.15, -0.1) is 11.3 Å². The highest BCUT2D eigenvalue weighted by Gasteiger charge is 2.12. The zero-order chi connectivity index (χ0) is 13.4. The van der Waals surface area contributed by atoms with E-state index in [9.17, 15) is 9.59 Å². The van der Waals surface area contributed by atoms with Gasteiger partial charge in [0, 0.05) is 4.88 Å². The molecular formula is C13H9BrN2O2S. The van der Waals surface area contributed by atoms with Crippen LogP contribution in [-0.4, -0.2) is 9.97 Å². The number of aromatic amines is 2. The van der Waals surface area contributed by atoms with Gasteiger partial charge in [0.25, 0.3) is 0 Å². The van der Waals surface area contributed by atoms with Gasteiger partial charge in [-0.1, -0.05) is 28.1 Å². The Hall–Kier alpha value is -1.66. The van der Waals surface area contributed by atoms with Crippen molar-refractivity contribution in [3.8, 4) is 0 Å². The predicted octanol–water partition coefficient (Wildman–Crippen LogP) is 2.76. The molecule has 2 aromatic heterocycles. The molecule has 3 rings (SSSR count). The van der Waals surface area contributed by atoms with Crippen molar-refractivity contribution in [3.05, 3.63) is 66.9 Å². The molecule has 3 aromatic rings. The van der Waals surface area contributed by atoms with E-state index in [1.165, 1.54) is 4.88 Å². The molecule has 0 bridgehead atoms. The van der Waals surface area contributed by atoms with Crippen LogP contribution in [0.1, 0.15) is 15.3 Å². The fourth-order valence-corrected chi connectivity index (χ4v) is 3.38. The first-order valence-electron chi connectivity index (χ1n) is 5.59.